The highest BCUT2D eigenvalue weighted by Gasteiger charge is 2.20. The number of nitrogens with one attached hydrogen (secondary N) is 1. The van der Waals surface area contributed by atoms with Gasteiger partial charge < -0.3 is 19.2 Å². The number of benzene rings is 3. The first-order valence-corrected chi connectivity index (χ1v) is 11.2. The van der Waals surface area contributed by atoms with E-state index in [-0.39, 0.29) is 0 Å². The molecule has 0 aliphatic heterocycles. The molecule has 0 aliphatic rings. The molecule has 1 amide bonds. The summed E-state index contributed by atoms with van der Waals surface area (Å²) in [5, 5.41) is 10.9. The van der Waals surface area contributed by atoms with Crippen LogP contribution in [0.1, 0.15) is 29.8 Å². The van der Waals surface area contributed by atoms with Gasteiger partial charge >= 0.3 is 5.97 Å². The largest absolute Gasteiger partial charge is 0.494 e. The summed E-state index contributed by atoms with van der Waals surface area (Å²) in [6, 6.07) is 21.3. The number of esters is 1. The van der Waals surface area contributed by atoms with Crippen LogP contribution in [0.2, 0.25) is 0 Å². The molecule has 178 valence electrons. The van der Waals surface area contributed by atoms with Crippen molar-refractivity contribution in [3.63, 3.8) is 0 Å². The Bertz CT molecular complexity index is 1300. The van der Waals surface area contributed by atoms with Crippen LogP contribution < -0.4 is 10.1 Å². The van der Waals surface area contributed by atoms with Crippen molar-refractivity contribution in [2.24, 2.45) is 0 Å². The van der Waals surface area contributed by atoms with Crippen molar-refractivity contribution in [3.8, 4) is 28.7 Å². The molecule has 1 unspecified atom stereocenters. The fourth-order valence-corrected chi connectivity index (χ4v) is 3.23. The molecule has 1 aromatic heterocycles. The van der Waals surface area contributed by atoms with Crippen molar-refractivity contribution in [2.45, 2.75) is 26.9 Å². The average Bonchev–Trinajstić information content (AvgIpc) is 3.36. The van der Waals surface area contributed by atoms with E-state index in [0.717, 1.165) is 11.1 Å². The van der Waals surface area contributed by atoms with E-state index in [1.165, 1.54) is 6.92 Å². The Hall–Kier alpha value is -4.46. The first kappa shape index (κ1) is 23.7. The third kappa shape index (κ3) is 5.92. The van der Waals surface area contributed by atoms with Crippen LogP contribution in [0.3, 0.4) is 0 Å². The number of aromatic nitrogens is 2. The van der Waals surface area contributed by atoms with Gasteiger partial charge in [-0.05, 0) is 81.4 Å². The second-order valence-electron chi connectivity index (χ2n) is 7.85. The smallest absolute Gasteiger partial charge is 0.338 e. The summed E-state index contributed by atoms with van der Waals surface area (Å²) >= 11 is 0. The quantitative estimate of drug-likeness (QED) is 0.348. The predicted molar refractivity (Wildman–Crippen MR) is 131 cm³/mol. The van der Waals surface area contributed by atoms with Crippen LogP contribution in [0.5, 0.6) is 5.75 Å². The van der Waals surface area contributed by atoms with Gasteiger partial charge in [-0.25, -0.2) is 4.79 Å². The molecule has 0 spiro atoms. The molecule has 0 aliphatic carbocycles. The van der Waals surface area contributed by atoms with Crippen molar-refractivity contribution in [3.05, 3.63) is 83.9 Å². The predicted octanol–water partition coefficient (Wildman–Crippen LogP) is 5.29. The van der Waals surface area contributed by atoms with Gasteiger partial charge in [-0.2, -0.15) is 0 Å². The minimum atomic E-state index is -0.984. The molecule has 35 heavy (non-hydrogen) atoms. The van der Waals surface area contributed by atoms with Crippen molar-refractivity contribution in [1.82, 2.24) is 10.2 Å². The second kappa shape index (κ2) is 10.6. The third-order valence-electron chi connectivity index (χ3n) is 5.18. The topological polar surface area (TPSA) is 104 Å². The van der Waals surface area contributed by atoms with E-state index < -0.39 is 18.0 Å². The van der Waals surface area contributed by atoms with Crippen molar-refractivity contribution in [2.75, 3.05) is 11.9 Å². The van der Waals surface area contributed by atoms with Gasteiger partial charge in [0.15, 0.2) is 6.10 Å². The molecule has 1 atom stereocenters. The number of carbonyl (C=O) groups excluding carboxylic acids is 2. The molecule has 0 fully saturated rings. The van der Waals surface area contributed by atoms with Crippen LogP contribution in [0.4, 0.5) is 5.69 Å². The monoisotopic (exact) mass is 471 g/mol. The molecular weight excluding hydrogens is 446 g/mol. The summed E-state index contributed by atoms with van der Waals surface area (Å²) in [6.45, 7) is 5.97. The lowest BCUT2D eigenvalue weighted by Crippen LogP contribution is -2.30. The Balaban J connectivity index is 1.35. The molecule has 0 saturated carbocycles. The molecule has 1 N–H and O–H groups in total. The molecule has 3 aromatic carbocycles. The molecule has 4 aromatic rings. The number of aryl methyl sites for hydroxylation is 1. The maximum Gasteiger partial charge on any atom is 0.338 e. The van der Waals surface area contributed by atoms with Crippen LogP contribution >= 0.6 is 0 Å². The van der Waals surface area contributed by atoms with Gasteiger partial charge in [-0.3, -0.25) is 4.79 Å². The molecule has 8 nitrogen and oxygen atoms in total. The van der Waals surface area contributed by atoms with Crippen LogP contribution in [0.25, 0.3) is 22.9 Å². The number of hydrogen-bond donors (Lipinski definition) is 1. The highest BCUT2D eigenvalue weighted by Crippen LogP contribution is 2.24. The van der Waals surface area contributed by atoms with Gasteiger partial charge in [0.1, 0.15) is 5.75 Å². The fraction of sp³-hybridized carbons (Fsp3) is 0.185. The maximum absolute atomic E-state index is 12.5. The SMILES string of the molecule is CCOc1ccc(NC(=O)C(C)OC(=O)c2ccc(-c3nnc(-c4ccc(C)cc4)o3)cc2)cc1. The summed E-state index contributed by atoms with van der Waals surface area (Å²) in [5.74, 6) is 0.408. The number of rotatable bonds is 8. The Morgan fingerprint density at radius 3 is 2.03 bits per heavy atom. The fourth-order valence-electron chi connectivity index (χ4n) is 3.23. The molecular formula is C27H25N3O5. The minimum absolute atomic E-state index is 0.299. The number of nitrogens with zero attached hydrogens (tertiary/aromatic N) is 2. The first-order chi connectivity index (χ1) is 16.9. The molecule has 8 heteroatoms. The number of amides is 1. The van der Waals surface area contributed by atoms with E-state index in [1.54, 1.807) is 48.5 Å². The van der Waals surface area contributed by atoms with Crippen molar-refractivity contribution >= 4 is 17.6 Å². The molecule has 0 saturated heterocycles. The Morgan fingerprint density at radius 1 is 0.886 bits per heavy atom. The average molecular weight is 472 g/mol. The Labute approximate surface area is 202 Å². The van der Waals surface area contributed by atoms with Crippen LogP contribution in [-0.2, 0) is 9.53 Å². The lowest BCUT2D eigenvalue weighted by atomic mass is 10.1. The zero-order valence-corrected chi connectivity index (χ0v) is 19.6. The summed E-state index contributed by atoms with van der Waals surface area (Å²) in [7, 11) is 0. The third-order valence-corrected chi connectivity index (χ3v) is 5.18. The van der Waals surface area contributed by atoms with Crippen LogP contribution in [0, 0.1) is 6.92 Å². The van der Waals surface area contributed by atoms with Gasteiger partial charge in [0, 0.05) is 16.8 Å². The number of ether oxygens (including phenoxy) is 2. The maximum atomic E-state index is 12.5. The first-order valence-electron chi connectivity index (χ1n) is 11.2. The molecule has 0 bridgehead atoms. The highest BCUT2D eigenvalue weighted by atomic mass is 16.5. The van der Waals surface area contributed by atoms with Crippen LogP contribution in [0.15, 0.2) is 77.2 Å². The van der Waals surface area contributed by atoms with Crippen molar-refractivity contribution < 1.29 is 23.5 Å². The molecule has 4 rings (SSSR count). The zero-order chi connectivity index (χ0) is 24.8. The highest BCUT2D eigenvalue weighted by molar-refractivity contribution is 5.97. The number of carbonyl (C=O) groups is 2. The summed E-state index contributed by atoms with van der Waals surface area (Å²) < 4.78 is 16.5. The molecule has 1 heterocycles. The van der Waals surface area contributed by atoms with E-state index >= 15 is 0 Å². The van der Waals surface area contributed by atoms with E-state index in [1.807, 2.05) is 38.1 Å². The lowest BCUT2D eigenvalue weighted by Gasteiger charge is -2.14. The van der Waals surface area contributed by atoms with Gasteiger partial charge in [0.2, 0.25) is 11.8 Å². The normalized spacial score (nSPS) is 11.5. The Kier molecular flexibility index (Phi) is 7.21. The van der Waals surface area contributed by atoms with E-state index in [2.05, 4.69) is 15.5 Å². The van der Waals surface area contributed by atoms with Gasteiger partial charge in [-0.1, -0.05) is 17.7 Å². The van der Waals surface area contributed by atoms with E-state index in [0.29, 0.717) is 41.0 Å². The second-order valence-corrected chi connectivity index (χ2v) is 7.85. The minimum Gasteiger partial charge on any atom is -0.494 e. The Morgan fingerprint density at radius 2 is 1.46 bits per heavy atom. The summed E-state index contributed by atoms with van der Waals surface area (Å²) in [5.41, 5.74) is 3.50. The zero-order valence-electron chi connectivity index (χ0n) is 19.6. The number of anilines is 1. The van der Waals surface area contributed by atoms with Crippen LogP contribution in [-0.4, -0.2) is 34.8 Å². The summed E-state index contributed by atoms with van der Waals surface area (Å²) in [6.07, 6.45) is -0.984. The van der Waals surface area contributed by atoms with E-state index in [4.69, 9.17) is 13.9 Å². The van der Waals surface area contributed by atoms with Crippen molar-refractivity contribution in [1.29, 1.82) is 0 Å². The standard InChI is InChI=1S/C27H25N3O5/c1-4-33-23-15-13-22(14-16-23)28-24(31)18(3)34-27(32)21-11-9-20(10-12-21)26-30-29-25(35-26)19-7-5-17(2)6-8-19/h5-16,18H,4H2,1-3H3,(H,28,31). The summed E-state index contributed by atoms with van der Waals surface area (Å²) in [4.78, 5) is 24.9. The lowest BCUT2D eigenvalue weighted by molar-refractivity contribution is -0.123. The number of hydrogen-bond acceptors (Lipinski definition) is 7. The van der Waals surface area contributed by atoms with Gasteiger partial charge in [0.05, 0.1) is 12.2 Å². The van der Waals surface area contributed by atoms with Gasteiger partial charge in [-0.15, -0.1) is 10.2 Å². The van der Waals surface area contributed by atoms with E-state index in [9.17, 15) is 9.59 Å². The van der Waals surface area contributed by atoms with Gasteiger partial charge in [0.25, 0.3) is 5.91 Å². The molecule has 0 radical (unpaired) electrons.